The van der Waals surface area contributed by atoms with Crippen LogP contribution in [0.15, 0.2) is 24.5 Å². The molecule has 3 heterocycles. The molecule has 1 aromatic carbocycles. The van der Waals surface area contributed by atoms with Gasteiger partial charge >= 0.3 is 6.09 Å². The highest BCUT2D eigenvalue weighted by Gasteiger charge is 2.30. The third kappa shape index (κ3) is 3.59. The monoisotopic (exact) mass is 410 g/mol. The Morgan fingerprint density at radius 1 is 1.20 bits per heavy atom. The van der Waals surface area contributed by atoms with Crippen LogP contribution in [0, 0.1) is 0 Å². The van der Waals surface area contributed by atoms with Crippen LogP contribution in [0.3, 0.4) is 0 Å². The van der Waals surface area contributed by atoms with Crippen molar-refractivity contribution in [3.05, 3.63) is 35.8 Å². The van der Waals surface area contributed by atoms with Crippen LogP contribution in [0.5, 0.6) is 11.5 Å². The molecule has 10 heteroatoms. The van der Waals surface area contributed by atoms with Crippen molar-refractivity contribution in [2.45, 2.75) is 12.5 Å². The van der Waals surface area contributed by atoms with E-state index in [0.717, 1.165) is 5.56 Å². The minimum absolute atomic E-state index is 0.114. The van der Waals surface area contributed by atoms with Gasteiger partial charge in [0.25, 0.3) is 0 Å². The second-order valence-electron chi connectivity index (χ2n) is 6.94. The largest absolute Gasteiger partial charge is 0.497 e. The van der Waals surface area contributed by atoms with Crippen LogP contribution >= 0.6 is 0 Å². The summed E-state index contributed by atoms with van der Waals surface area (Å²) in [6, 6.07) is 5.43. The molecule has 1 fully saturated rings. The molecule has 0 unspecified atom stereocenters. The number of rotatable bonds is 5. The van der Waals surface area contributed by atoms with Crippen LogP contribution in [0.4, 0.5) is 10.6 Å². The minimum Gasteiger partial charge on any atom is -0.497 e. The summed E-state index contributed by atoms with van der Waals surface area (Å²) in [5.41, 5.74) is 8.18. The number of nitrogen functional groups attached to an aromatic ring is 1. The van der Waals surface area contributed by atoms with Crippen LogP contribution < -0.4 is 15.2 Å². The van der Waals surface area contributed by atoms with E-state index < -0.39 is 6.09 Å². The van der Waals surface area contributed by atoms with Crippen LogP contribution in [-0.2, 0) is 0 Å². The number of hydrogen-bond acceptors (Lipinski definition) is 7. The SMILES string of the molecule is COc1cc(/C=C/c2nn([C@H]3CCN(C(=O)O)C3)c3ncnc(N)c23)cc(OC)c1. The number of likely N-dealkylation sites (tertiary alicyclic amines) is 1. The normalized spacial score (nSPS) is 16.5. The molecule has 2 aromatic heterocycles. The fourth-order valence-electron chi connectivity index (χ4n) is 3.61. The van der Waals surface area contributed by atoms with Gasteiger partial charge in [0.1, 0.15) is 23.6 Å². The highest BCUT2D eigenvalue weighted by atomic mass is 16.5. The maximum absolute atomic E-state index is 11.3. The van der Waals surface area contributed by atoms with E-state index in [9.17, 15) is 9.90 Å². The summed E-state index contributed by atoms with van der Waals surface area (Å²) in [7, 11) is 3.19. The highest BCUT2D eigenvalue weighted by molar-refractivity contribution is 5.94. The Labute approximate surface area is 172 Å². The maximum atomic E-state index is 11.3. The minimum atomic E-state index is -0.935. The summed E-state index contributed by atoms with van der Waals surface area (Å²) in [5.74, 6) is 1.67. The Kier molecular flexibility index (Phi) is 5.13. The first-order valence-corrected chi connectivity index (χ1v) is 9.38. The lowest BCUT2D eigenvalue weighted by Crippen LogP contribution is -2.27. The quantitative estimate of drug-likeness (QED) is 0.656. The zero-order valence-electron chi connectivity index (χ0n) is 16.6. The highest BCUT2D eigenvalue weighted by Crippen LogP contribution is 2.30. The van der Waals surface area contributed by atoms with Gasteiger partial charge in [-0.15, -0.1) is 0 Å². The number of nitrogens with zero attached hydrogens (tertiary/aromatic N) is 5. The number of benzene rings is 1. The van der Waals surface area contributed by atoms with E-state index in [4.69, 9.17) is 20.3 Å². The lowest BCUT2D eigenvalue weighted by Gasteiger charge is -2.13. The third-order valence-electron chi connectivity index (χ3n) is 5.13. The predicted molar refractivity (Wildman–Crippen MR) is 111 cm³/mol. The molecule has 30 heavy (non-hydrogen) atoms. The number of carbonyl (C=O) groups is 1. The van der Waals surface area contributed by atoms with Gasteiger partial charge in [0.15, 0.2) is 5.65 Å². The van der Waals surface area contributed by atoms with E-state index in [-0.39, 0.29) is 6.04 Å². The third-order valence-corrected chi connectivity index (χ3v) is 5.13. The van der Waals surface area contributed by atoms with Gasteiger partial charge in [0, 0.05) is 19.2 Å². The molecule has 3 N–H and O–H groups in total. The Morgan fingerprint density at radius 2 is 1.93 bits per heavy atom. The Morgan fingerprint density at radius 3 is 2.57 bits per heavy atom. The lowest BCUT2D eigenvalue weighted by molar-refractivity contribution is 0.154. The summed E-state index contributed by atoms with van der Waals surface area (Å²) >= 11 is 0. The summed E-state index contributed by atoms with van der Waals surface area (Å²) in [4.78, 5) is 21.1. The van der Waals surface area contributed by atoms with Crippen molar-refractivity contribution in [2.75, 3.05) is 33.0 Å². The second-order valence-corrected chi connectivity index (χ2v) is 6.94. The Bertz CT molecular complexity index is 1100. The molecule has 1 aliphatic rings. The second kappa shape index (κ2) is 7.90. The van der Waals surface area contributed by atoms with Crippen molar-refractivity contribution in [3.63, 3.8) is 0 Å². The van der Waals surface area contributed by atoms with Crippen LogP contribution in [0.1, 0.15) is 23.7 Å². The van der Waals surface area contributed by atoms with Gasteiger partial charge in [-0.3, -0.25) is 0 Å². The van der Waals surface area contributed by atoms with Crippen molar-refractivity contribution in [3.8, 4) is 11.5 Å². The molecule has 10 nitrogen and oxygen atoms in total. The van der Waals surface area contributed by atoms with Gasteiger partial charge in [0.2, 0.25) is 0 Å². The van der Waals surface area contributed by atoms with E-state index in [2.05, 4.69) is 9.97 Å². The zero-order valence-corrected chi connectivity index (χ0v) is 16.6. The van der Waals surface area contributed by atoms with Gasteiger partial charge in [-0.2, -0.15) is 5.10 Å². The van der Waals surface area contributed by atoms with E-state index >= 15 is 0 Å². The Balaban J connectivity index is 1.73. The van der Waals surface area contributed by atoms with Crippen molar-refractivity contribution >= 4 is 35.1 Å². The number of hydrogen-bond donors (Lipinski definition) is 2. The first kappa shape index (κ1) is 19.5. The summed E-state index contributed by atoms with van der Waals surface area (Å²) in [6.07, 6.45) is 4.82. The first-order valence-electron chi connectivity index (χ1n) is 9.38. The number of ether oxygens (including phenoxy) is 2. The molecule has 0 spiro atoms. The first-order chi connectivity index (χ1) is 14.5. The molecule has 0 saturated carbocycles. The van der Waals surface area contributed by atoms with Crippen molar-refractivity contribution in [1.29, 1.82) is 0 Å². The number of fused-ring (bicyclic) bond motifs is 1. The summed E-state index contributed by atoms with van der Waals surface area (Å²) in [6.45, 7) is 0.808. The number of amides is 1. The van der Waals surface area contributed by atoms with Gasteiger partial charge in [-0.1, -0.05) is 6.08 Å². The predicted octanol–water partition coefficient (Wildman–Crippen LogP) is 2.52. The number of nitrogens with two attached hydrogens (primary N) is 1. The number of carboxylic acid groups (broad SMARTS) is 1. The smallest absolute Gasteiger partial charge is 0.407 e. The van der Waals surface area contributed by atoms with Crippen molar-refractivity contribution < 1.29 is 19.4 Å². The summed E-state index contributed by atoms with van der Waals surface area (Å²) in [5, 5.41) is 14.6. The topological polar surface area (TPSA) is 129 Å². The fraction of sp³-hybridized carbons (Fsp3) is 0.300. The molecule has 4 rings (SSSR count). The number of aromatic nitrogens is 4. The van der Waals surface area contributed by atoms with Gasteiger partial charge in [-0.05, 0) is 30.2 Å². The van der Waals surface area contributed by atoms with Gasteiger partial charge in [0.05, 0.1) is 31.3 Å². The molecule has 3 aromatic rings. The van der Waals surface area contributed by atoms with Crippen LogP contribution in [0.2, 0.25) is 0 Å². The lowest BCUT2D eigenvalue weighted by atomic mass is 10.1. The standard InChI is InChI=1S/C20H22N6O4/c1-29-14-7-12(8-15(9-14)30-2)3-4-16-17-18(21)22-11-23-19(17)26(24-16)13-5-6-25(10-13)20(27)28/h3-4,7-9,11,13H,5-6,10H2,1-2H3,(H,27,28)(H2,21,22,23)/b4-3+/t13-/m0/s1. The molecule has 1 atom stereocenters. The molecule has 0 aliphatic carbocycles. The number of methoxy groups -OCH3 is 2. The summed E-state index contributed by atoms with van der Waals surface area (Å²) < 4.78 is 12.4. The molecule has 1 aliphatic heterocycles. The molecule has 1 saturated heterocycles. The van der Waals surface area contributed by atoms with E-state index in [1.165, 1.54) is 11.2 Å². The average Bonchev–Trinajstić information content (AvgIpc) is 3.37. The van der Waals surface area contributed by atoms with Gasteiger partial charge < -0.3 is 25.2 Å². The molecular weight excluding hydrogens is 388 g/mol. The maximum Gasteiger partial charge on any atom is 0.407 e. The van der Waals surface area contributed by atoms with E-state index in [1.54, 1.807) is 25.0 Å². The van der Waals surface area contributed by atoms with Crippen molar-refractivity contribution in [1.82, 2.24) is 24.6 Å². The van der Waals surface area contributed by atoms with Crippen molar-refractivity contribution in [2.24, 2.45) is 0 Å². The molecule has 156 valence electrons. The zero-order chi connectivity index (χ0) is 21.3. The van der Waals surface area contributed by atoms with E-state index in [0.29, 0.717) is 53.6 Å². The van der Waals surface area contributed by atoms with Gasteiger partial charge in [-0.25, -0.2) is 19.4 Å². The molecular formula is C20H22N6O4. The van der Waals surface area contributed by atoms with Crippen LogP contribution in [0.25, 0.3) is 23.2 Å². The average molecular weight is 410 g/mol. The molecule has 0 bridgehead atoms. The molecule has 1 amide bonds. The number of anilines is 1. The Hall–Kier alpha value is -3.82. The fourth-order valence-corrected chi connectivity index (χ4v) is 3.61. The van der Waals surface area contributed by atoms with Crippen LogP contribution in [-0.4, -0.2) is 63.2 Å². The van der Waals surface area contributed by atoms with E-state index in [1.807, 2.05) is 24.3 Å². The molecule has 0 radical (unpaired) electrons.